The fraction of sp³-hybridized carbons (Fsp3) is 0.609. The van der Waals surface area contributed by atoms with E-state index in [2.05, 4.69) is 50.6 Å². The van der Waals surface area contributed by atoms with Gasteiger partial charge in [0.05, 0.1) is 22.2 Å². The van der Waals surface area contributed by atoms with Gasteiger partial charge >= 0.3 is 12.0 Å². The number of urea groups is 1. The van der Waals surface area contributed by atoms with Crippen LogP contribution in [-0.4, -0.2) is 41.6 Å². The monoisotopic (exact) mass is 485 g/mol. The molecule has 178 valence electrons. The Balaban J connectivity index is 1.98. The molecule has 0 radical (unpaired) electrons. The number of rotatable bonds is 7. The number of amides is 3. The van der Waals surface area contributed by atoms with Crippen LogP contribution < -0.4 is 16.0 Å². The zero-order chi connectivity index (χ0) is 24.3. The first-order valence-electron chi connectivity index (χ1n) is 10.7. The Morgan fingerprint density at radius 2 is 1.75 bits per heavy atom. The molecule has 3 atom stereocenters. The van der Waals surface area contributed by atoms with Crippen LogP contribution in [0.2, 0.25) is 10.0 Å². The van der Waals surface area contributed by atoms with Gasteiger partial charge in [-0.1, -0.05) is 63.9 Å². The van der Waals surface area contributed by atoms with Crippen LogP contribution in [0.25, 0.3) is 0 Å². The highest BCUT2D eigenvalue weighted by atomic mass is 35.5. The molecule has 3 unspecified atom stereocenters. The van der Waals surface area contributed by atoms with Crippen molar-refractivity contribution < 1.29 is 19.5 Å². The molecular weight excluding hydrogens is 453 g/mol. The average Bonchev–Trinajstić information content (AvgIpc) is 2.89. The topological polar surface area (TPSA) is 108 Å². The second-order valence-corrected chi connectivity index (χ2v) is 11.3. The lowest BCUT2D eigenvalue weighted by molar-refractivity contribution is -0.139. The highest BCUT2D eigenvalue weighted by Gasteiger charge is 2.41. The molecular formula is C23H33Cl2N3O4. The lowest BCUT2D eigenvalue weighted by atomic mass is 9.81. The Morgan fingerprint density at radius 3 is 2.28 bits per heavy atom. The molecule has 1 fully saturated rings. The Labute approximate surface area is 199 Å². The first-order chi connectivity index (χ1) is 14.7. The molecule has 0 aromatic heterocycles. The summed E-state index contributed by atoms with van der Waals surface area (Å²) in [6.07, 6.45) is 2.85. The van der Waals surface area contributed by atoms with Gasteiger partial charge in [0.15, 0.2) is 0 Å². The lowest BCUT2D eigenvalue weighted by Gasteiger charge is -2.28. The van der Waals surface area contributed by atoms with Gasteiger partial charge in [-0.25, -0.2) is 9.59 Å². The van der Waals surface area contributed by atoms with E-state index in [0.29, 0.717) is 5.92 Å². The van der Waals surface area contributed by atoms with Gasteiger partial charge in [0.2, 0.25) is 0 Å². The molecule has 1 aromatic rings. The molecule has 0 aliphatic heterocycles. The lowest BCUT2D eigenvalue weighted by Crippen LogP contribution is -2.52. The third kappa shape index (κ3) is 7.55. The SMILES string of the molecule is CC(C)(C)CC1CC(C)(C)CC1NC(=O)NCC(NC(=O)c1c(Cl)cccc1Cl)C(=O)O. The second-order valence-electron chi connectivity index (χ2n) is 10.5. The maximum atomic E-state index is 12.5. The number of hydrogen-bond donors (Lipinski definition) is 4. The average molecular weight is 486 g/mol. The van der Waals surface area contributed by atoms with Gasteiger partial charge in [-0.2, -0.15) is 0 Å². The van der Waals surface area contributed by atoms with Gasteiger partial charge in [0.25, 0.3) is 5.91 Å². The van der Waals surface area contributed by atoms with Crippen molar-refractivity contribution in [2.24, 2.45) is 16.7 Å². The molecule has 4 N–H and O–H groups in total. The fourth-order valence-electron chi connectivity index (χ4n) is 4.43. The summed E-state index contributed by atoms with van der Waals surface area (Å²) in [6, 6.07) is 2.76. The zero-order valence-electron chi connectivity index (χ0n) is 19.2. The van der Waals surface area contributed by atoms with E-state index in [1.54, 1.807) is 6.07 Å². The zero-order valence-corrected chi connectivity index (χ0v) is 20.7. The molecule has 0 spiro atoms. The minimum atomic E-state index is -1.34. The smallest absolute Gasteiger partial charge is 0.328 e. The van der Waals surface area contributed by atoms with E-state index < -0.39 is 23.9 Å². The standard InChI is InChI=1S/C23H33Cl2N3O4/c1-22(2,3)9-13-10-23(4,5)11-16(13)28-21(32)26-12-17(20(30)31)27-19(29)18-14(24)7-6-8-15(18)25/h6-8,13,16-17H,9-12H2,1-5H3,(H,27,29)(H,30,31)(H2,26,28,32). The summed E-state index contributed by atoms with van der Waals surface area (Å²) < 4.78 is 0. The summed E-state index contributed by atoms with van der Waals surface area (Å²) in [5.74, 6) is -1.67. The van der Waals surface area contributed by atoms with Crippen molar-refractivity contribution in [2.45, 2.75) is 66.0 Å². The van der Waals surface area contributed by atoms with Crippen LogP contribution in [0.3, 0.4) is 0 Å². The highest BCUT2D eigenvalue weighted by Crippen LogP contribution is 2.45. The Hall–Kier alpha value is -1.99. The van der Waals surface area contributed by atoms with E-state index in [-0.39, 0.29) is 39.0 Å². The van der Waals surface area contributed by atoms with Gasteiger partial charge in [0.1, 0.15) is 6.04 Å². The summed E-state index contributed by atoms with van der Waals surface area (Å²) in [4.78, 5) is 36.7. The molecule has 1 aromatic carbocycles. The summed E-state index contributed by atoms with van der Waals surface area (Å²) in [7, 11) is 0. The summed E-state index contributed by atoms with van der Waals surface area (Å²) >= 11 is 12.0. The third-order valence-corrected chi connectivity index (χ3v) is 6.24. The maximum Gasteiger partial charge on any atom is 0.328 e. The van der Waals surface area contributed by atoms with Crippen molar-refractivity contribution in [3.8, 4) is 0 Å². The number of carboxylic acid groups (broad SMARTS) is 1. The van der Waals surface area contributed by atoms with Crippen LogP contribution in [0, 0.1) is 16.7 Å². The van der Waals surface area contributed by atoms with E-state index in [9.17, 15) is 19.5 Å². The van der Waals surface area contributed by atoms with Crippen LogP contribution >= 0.6 is 23.2 Å². The molecule has 7 nitrogen and oxygen atoms in total. The summed E-state index contributed by atoms with van der Waals surface area (Å²) in [6.45, 7) is 10.6. The quantitative estimate of drug-likeness (QED) is 0.448. The van der Waals surface area contributed by atoms with Crippen molar-refractivity contribution >= 4 is 41.1 Å². The van der Waals surface area contributed by atoms with Gasteiger partial charge in [-0.15, -0.1) is 0 Å². The molecule has 0 bridgehead atoms. The van der Waals surface area contributed by atoms with E-state index >= 15 is 0 Å². The largest absolute Gasteiger partial charge is 0.480 e. The van der Waals surface area contributed by atoms with Gasteiger partial charge in [-0.3, -0.25) is 4.79 Å². The van der Waals surface area contributed by atoms with E-state index in [4.69, 9.17) is 23.2 Å². The molecule has 32 heavy (non-hydrogen) atoms. The Kier molecular flexibility index (Phi) is 8.45. The molecule has 0 heterocycles. The number of hydrogen-bond acceptors (Lipinski definition) is 3. The Morgan fingerprint density at radius 1 is 1.16 bits per heavy atom. The minimum Gasteiger partial charge on any atom is -0.480 e. The molecule has 2 rings (SSSR count). The van der Waals surface area contributed by atoms with Crippen LogP contribution in [-0.2, 0) is 4.79 Å². The predicted octanol–water partition coefficient (Wildman–Crippen LogP) is 4.72. The van der Waals surface area contributed by atoms with E-state index in [1.807, 2.05) is 0 Å². The first-order valence-corrected chi connectivity index (χ1v) is 11.5. The molecule has 1 aliphatic rings. The molecule has 1 aliphatic carbocycles. The molecule has 1 saturated carbocycles. The van der Waals surface area contributed by atoms with Crippen LogP contribution in [0.15, 0.2) is 18.2 Å². The van der Waals surface area contributed by atoms with Gasteiger partial charge in [-0.05, 0) is 48.1 Å². The molecule has 9 heteroatoms. The molecule has 3 amide bonds. The number of carbonyl (C=O) groups is 3. The predicted molar refractivity (Wildman–Crippen MR) is 126 cm³/mol. The van der Waals surface area contributed by atoms with E-state index in [0.717, 1.165) is 19.3 Å². The van der Waals surface area contributed by atoms with Crippen molar-refractivity contribution in [3.05, 3.63) is 33.8 Å². The highest BCUT2D eigenvalue weighted by molar-refractivity contribution is 6.39. The number of benzene rings is 1. The summed E-state index contributed by atoms with van der Waals surface area (Å²) in [5, 5.41) is 17.7. The number of aliphatic carboxylic acids is 1. The maximum absolute atomic E-state index is 12.5. The van der Waals surface area contributed by atoms with Crippen molar-refractivity contribution in [1.82, 2.24) is 16.0 Å². The third-order valence-electron chi connectivity index (χ3n) is 5.61. The van der Waals surface area contributed by atoms with Crippen molar-refractivity contribution in [2.75, 3.05) is 6.54 Å². The fourth-order valence-corrected chi connectivity index (χ4v) is 5.00. The van der Waals surface area contributed by atoms with Crippen molar-refractivity contribution in [1.29, 1.82) is 0 Å². The Bertz CT molecular complexity index is 847. The van der Waals surface area contributed by atoms with Gasteiger partial charge in [0, 0.05) is 6.04 Å². The van der Waals surface area contributed by atoms with Gasteiger partial charge < -0.3 is 21.1 Å². The van der Waals surface area contributed by atoms with Crippen molar-refractivity contribution in [3.63, 3.8) is 0 Å². The number of nitrogens with one attached hydrogen (secondary N) is 3. The first kappa shape index (κ1) is 26.3. The van der Waals surface area contributed by atoms with Crippen LogP contribution in [0.4, 0.5) is 4.79 Å². The number of halogens is 2. The minimum absolute atomic E-state index is 0.00373. The second kappa shape index (κ2) is 10.3. The van der Waals surface area contributed by atoms with Crippen LogP contribution in [0.5, 0.6) is 0 Å². The normalized spacial score (nSPS) is 21.0. The molecule has 0 saturated heterocycles. The number of carbonyl (C=O) groups excluding carboxylic acids is 2. The number of carboxylic acids is 1. The summed E-state index contributed by atoms with van der Waals surface area (Å²) in [5.41, 5.74) is 0.254. The van der Waals surface area contributed by atoms with Crippen LogP contribution in [0.1, 0.15) is 64.2 Å². The van der Waals surface area contributed by atoms with E-state index in [1.165, 1.54) is 12.1 Å².